The van der Waals surface area contributed by atoms with Crippen LogP contribution in [0.25, 0.3) is 32.9 Å². The number of carbonyl (C=O) groups is 1. The molecule has 9 heteroatoms. The van der Waals surface area contributed by atoms with Gasteiger partial charge < -0.3 is 9.72 Å². The van der Waals surface area contributed by atoms with Gasteiger partial charge >= 0.3 is 5.97 Å². The zero-order chi connectivity index (χ0) is 18.1. The van der Waals surface area contributed by atoms with Crippen LogP contribution in [0.3, 0.4) is 0 Å². The van der Waals surface area contributed by atoms with Crippen molar-refractivity contribution in [3.8, 4) is 21.8 Å². The van der Waals surface area contributed by atoms with E-state index in [0.717, 1.165) is 16.1 Å². The number of nitrogens with one attached hydrogen (secondary N) is 1. The van der Waals surface area contributed by atoms with Gasteiger partial charge in [-0.25, -0.2) is 19.7 Å². The minimum atomic E-state index is -0.404. The monoisotopic (exact) mass is 429 g/mol. The van der Waals surface area contributed by atoms with Gasteiger partial charge in [-0.15, -0.1) is 0 Å². The lowest BCUT2D eigenvalue weighted by atomic mass is 10.0. The summed E-state index contributed by atoms with van der Waals surface area (Å²) in [6, 6.07) is 7.78. The maximum Gasteiger partial charge on any atom is 0.340 e. The van der Waals surface area contributed by atoms with Crippen LogP contribution in [-0.2, 0) is 4.74 Å². The molecule has 0 spiro atoms. The van der Waals surface area contributed by atoms with E-state index in [9.17, 15) is 4.79 Å². The molecular formula is C17H12BrN5O2S. The average molecular weight is 430 g/mol. The third-order valence-electron chi connectivity index (χ3n) is 3.75. The van der Waals surface area contributed by atoms with Gasteiger partial charge in [-0.05, 0) is 40.5 Å². The molecule has 0 bridgehead atoms. The minimum absolute atomic E-state index is 0.302. The number of hydrogen-bond acceptors (Lipinski definition) is 7. The first-order valence-corrected chi connectivity index (χ1v) is 9.33. The molecule has 3 heterocycles. The molecule has 0 radical (unpaired) electrons. The quantitative estimate of drug-likeness (QED) is 0.491. The van der Waals surface area contributed by atoms with Gasteiger partial charge in [0, 0.05) is 17.3 Å². The molecule has 0 unspecified atom stereocenters. The molecule has 0 aliphatic rings. The average Bonchev–Trinajstić information content (AvgIpc) is 3.28. The number of ether oxygens (including phenoxy) is 1. The largest absolute Gasteiger partial charge is 0.462 e. The number of halogens is 1. The molecule has 1 N–H and O–H groups in total. The van der Waals surface area contributed by atoms with Gasteiger partial charge in [0.25, 0.3) is 0 Å². The van der Waals surface area contributed by atoms with E-state index in [1.54, 1.807) is 13.1 Å². The molecule has 0 fully saturated rings. The number of hydrogen-bond donors (Lipinski definition) is 1. The Morgan fingerprint density at radius 3 is 2.92 bits per heavy atom. The smallest absolute Gasteiger partial charge is 0.340 e. The Kier molecular flexibility index (Phi) is 4.48. The molecule has 26 heavy (non-hydrogen) atoms. The highest BCUT2D eigenvalue weighted by atomic mass is 79.9. The van der Waals surface area contributed by atoms with Gasteiger partial charge in [0.2, 0.25) is 4.73 Å². The van der Waals surface area contributed by atoms with E-state index in [1.165, 1.54) is 17.9 Å². The molecule has 7 nitrogen and oxygen atoms in total. The van der Waals surface area contributed by atoms with Crippen molar-refractivity contribution in [1.82, 2.24) is 24.3 Å². The zero-order valence-corrected chi connectivity index (χ0v) is 16.0. The van der Waals surface area contributed by atoms with Crippen LogP contribution in [0.1, 0.15) is 17.3 Å². The predicted molar refractivity (Wildman–Crippen MR) is 102 cm³/mol. The Balaban J connectivity index is 1.87. The first-order chi connectivity index (χ1) is 12.7. The fourth-order valence-corrected chi connectivity index (χ4v) is 3.75. The molecule has 4 aromatic rings. The van der Waals surface area contributed by atoms with Crippen molar-refractivity contribution in [2.45, 2.75) is 6.92 Å². The number of fused-ring (bicyclic) bond motifs is 1. The molecule has 0 amide bonds. The summed E-state index contributed by atoms with van der Waals surface area (Å²) in [4.78, 5) is 28.3. The maximum atomic E-state index is 12.3. The van der Waals surface area contributed by atoms with Crippen LogP contribution in [0.15, 0.2) is 41.5 Å². The topological polar surface area (TPSA) is 93.7 Å². The number of H-pyrrole nitrogens is 1. The molecule has 0 saturated carbocycles. The van der Waals surface area contributed by atoms with Crippen molar-refractivity contribution in [2.24, 2.45) is 0 Å². The van der Waals surface area contributed by atoms with Crippen molar-refractivity contribution in [3.05, 3.63) is 47.1 Å². The number of rotatable bonds is 4. The van der Waals surface area contributed by atoms with Crippen LogP contribution in [-0.4, -0.2) is 36.9 Å². The zero-order valence-electron chi connectivity index (χ0n) is 13.6. The molecule has 0 aliphatic heterocycles. The second kappa shape index (κ2) is 6.93. The normalized spacial score (nSPS) is 11.0. The van der Waals surface area contributed by atoms with Crippen LogP contribution in [0, 0.1) is 0 Å². The molecular weight excluding hydrogens is 418 g/mol. The number of benzene rings is 1. The molecule has 1 aromatic carbocycles. The van der Waals surface area contributed by atoms with E-state index >= 15 is 0 Å². The van der Waals surface area contributed by atoms with Crippen LogP contribution in [0.4, 0.5) is 0 Å². The SMILES string of the molecule is CCOC(=O)c1c[nH]c2ncnc(-c3cccc(-c4nc(Br)ns4)c3)c12. The number of carbonyl (C=O) groups excluding carboxylic acids is 1. The van der Waals surface area contributed by atoms with E-state index in [2.05, 4.69) is 40.2 Å². The van der Waals surface area contributed by atoms with E-state index in [0.29, 0.717) is 33.6 Å². The van der Waals surface area contributed by atoms with Gasteiger partial charge in [-0.2, -0.15) is 4.37 Å². The van der Waals surface area contributed by atoms with Gasteiger partial charge in [-0.1, -0.05) is 18.2 Å². The summed E-state index contributed by atoms with van der Waals surface area (Å²) in [7, 11) is 0. The van der Waals surface area contributed by atoms with Crippen LogP contribution in [0.2, 0.25) is 0 Å². The third kappa shape index (κ3) is 2.99. The highest BCUT2D eigenvalue weighted by molar-refractivity contribution is 9.10. The van der Waals surface area contributed by atoms with Crippen molar-refractivity contribution < 1.29 is 9.53 Å². The Morgan fingerprint density at radius 1 is 1.31 bits per heavy atom. The summed E-state index contributed by atoms with van der Waals surface area (Å²) in [5.74, 6) is -0.404. The summed E-state index contributed by atoms with van der Waals surface area (Å²) in [6.07, 6.45) is 3.07. The first-order valence-electron chi connectivity index (χ1n) is 7.76. The highest BCUT2D eigenvalue weighted by Gasteiger charge is 2.19. The maximum absolute atomic E-state index is 12.3. The lowest BCUT2D eigenvalue weighted by molar-refractivity contribution is 0.0528. The predicted octanol–water partition coefficient (Wildman–Crippen LogP) is 4.08. The van der Waals surface area contributed by atoms with E-state index in [-0.39, 0.29) is 0 Å². The summed E-state index contributed by atoms with van der Waals surface area (Å²) in [5, 5.41) is 1.44. The summed E-state index contributed by atoms with van der Waals surface area (Å²) < 4.78 is 9.85. The number of aromatic amines is 1. The third-order valence-corrected chi connectivity index (χ3v) is 5.10. The van der Waals surface area contributed by atoms with Crippen LogP contribution < -0.4 is 0 Å². The molecule has 0 saturated heterocycles. The van der Waals surface area contributed by atoms with Crippen molar-refractivity contribution in [2.75, 3.05) is 6.61 Å². The Bertz CT molecular complexity index is 1110. The van der Waals surface area contributed by atoms with E-state index in [1.807, 2.05) is 24.3 Å². The van der Waals surface area contributed by atoms with E-state index < -0.39 is 5.97 Å². The molecule has 0 aliphatic carbocycles. The van der Waals surface area contributed by atoms with Crippen molar-refractivity contribution in [3.63, 3.8) is 0 Å². The molecule has 0 atom stereocenters. The first kappa shape index (κ1) is 16.8. The summed E-state index contributed by atoms with van der Waals surface area (Å²) in [6.45, 7) is 2.07. The lowest BCUT2D eigenvalue weighted by Crippen LogP contribution is -2.04. The Hall–Kier alpha value is -2.65. The number of esters is 1. The Labute approximate surface area is 160 Å². The summed E-state index contributed by atoms with van der Waals surface area (Å²) >= 11 is 4.58. The number of aromatic nitrogens is 5. The standard InChI is InChI=1S/C17H12BrN5O2S/c1-2-25-16(24)11-7-19-14-12(11)13(20-8-21-14)9-4-3-5-10(6-9)15-22-17(18)23-26-15/h3-8H,2H2,1H3,(H,19,20,21). The van der Waals surface area contributed by atoms with Crippen molar-refractivity contribution in [1.29, 1.82) is 0 Å². The van der Waals surface area contributed by atoms with Gasteiger partial charge in [-0.3, -0.25) is 0 Å². The highest BCUT2D eigenvalue weighted by Crippen LogP contribution is 2.32. The van der Waals surface area contributed by atoms with Crippen LogP contribution >= 0.6 is 27.5 Å². The van der Waals surface area contributed by atoms with Gasteiger partial charge in [0.1, 0.15) is 17.0 Å². The second-order valence-electron chi connectivity index (χ2n) is 5.32. The Morgan fingerprint density at radius 2 is 2.15 bits per heavy atom. The van der Waals surface area contributed by atoms with Gasteiger partial charge in [0.05, 0.1) is 23.3 Å². The van der Waals surface area contributed by atoms with Gasteiger partial charge in [0.15, 0.2) is 0 Å². The number of nitrogens with zero attached hydrogens (tertiary/aromatic N) is 4. The fourth-order valence-electron chi connectivity index (χ4n) is 2.67. The van der Waals surface area contributed by atoms with E-state index in [4.69, 9.17) is 4.74 Å². The minimum Gasteiger partial charge on any atom is -0.462 e. The van der Waals surface area contributed by atoms with Crippen molar-refractivity contribution >= 4 is 44.5 Å². The molecule has 130 valence electrons. The fraction of sp³-hybridized carbons (Fsp3) is 0.118. The molecule has 4 rings (SSSR count). The van der Waals surface area contributed by atoms with Crippen LogP contribution in [0.5, 0.6) is 0 Å². The lowest BCUT2D eigenvalue weighted by Gasteiger charge is -2.06. The molecule has 3 aromatic heterocycles. The summed E-state index contributed by atoms with van der Waals surface area (Å²) in [5.41, 5.74) is 3.44. The second-order valence-corrected chi connectivity index (χ2v) is 6.78.